The molecule has 0 radical (unpaired) electrons. The van der Waals surface area contributed by atoms with Crippen LogP contribution < -0.4 is 5.32 Å². The summed E-state index contributed by atoms with van der Waals surface area (Å²) in [5.41, 5.74) is 0. The number of nitrogens with zero attached hydrogens (tertiary/aromatic N) is 1. The molecule has 3 nitrogen and oxygen atoms in total. The van der Waals surface area contributed by atoms with Crippen molar-refractivity contribution in [1.29, 1.82) is 0 Å². The van der Waals surface area contributed by atoms with E-state index in [2.05, 4.69) is 17.1 Å². The van der Waals surface area contributed by atoms with Gasteiger partial charge in [-0.3, -0.25) is 4.79 Å². The van der Waals surface area contributed by atoms with Crippen LogP contribution in [0.4, 0.5) is 0 Å². The Hall–Kier alpha value is -0.410. The molecule has 0 spiro atoms. The average molecular weight is 240 g/mol. The number of hydrogen-bond acceptors (Lipinski definition) is 3. The molecule has 1 saturated heterocycles. The third-order valence-corrected chi connectivity index (χ3v) is 3.58. The zero-order valence-corrected chi connectivity index (χ0v) is 11.5. The monoisotopic (exact) mass is 240 g/mol. The van der Waals surface area contributed by atoms with Gasteiger partial charge in [0, 0.05) is 13.0 Å². The summed E-state index contributed by atoms with van der Waals surface area (Å²) in [5, 5.41) is 3.33. The summed E-state index contributed by atoms with van der Waals surface area (Å²) >= 11 is 0. The first-order chi connectivity index (χ1) is 8.27. The van der Waals surface area contributed by atoms with Gasteiger partial charge in [-0.05, 0) is 32.5 Å². The van der Waals surface area contributed by atoms with E-state index in [1.807, 2.05) is 6.92 Å². The van der Waals surface area contributed by atoms with Crippen molar-refractivity contribution in [1.82, 2.24) is 10.2 Å². The molecule has 0 aromatic rings. The van der Waals surface area contributed by atoms with E-state index >= 15 is 0 Å². The van der Waals surface area contributed by atoms with E-state index in [0.29, 0.717) is 12.2 Å². The number of likely N-dealkylation sites (N-methyl/N-ethyl adjacent to an activating group) is 1. The van der Waals surface area contributed by atoms with E-state index in [1.165, 1.54) is 45.2 Å². The normalized spacial score (nSPS) is 20.6. The number of Topliss-reactive ketones (excluding diaryl/α,β-unsaturated/α-hetero) is 1. The van der Waals surface area contributed by atoms with Gasteiger partial charge in [-0.25, -0.2) is 0 Å². The fourth-order valence-electron chi connectivity index (χ4n) is 2.53. The molecule has 1 N–H and O–H groups in total. The largest absolute Gasteiger partial charge is 0.307 e. The second kappa shape index (κ2) is 8.65. The van der Waals surface area contributed by atoms with Gasteiger partial charge in [-0.2, -0.15) is 0 Å². The first-order valence-corrected chi connectivity index (χ1v) is 7.26. The maximum atomic E-state index is 11.8. The molecule has 1 atom stereocenters. The van der Waals surface area contributed by atoms with Gasteiger partial charge in [0.15, 0.2) is 5.78 Å². The summed E-state index contributed by atoms with van der Waals surface area (Å²) < 4.78 is 0. The lowest BCUT2D eigenvalue weighted by Crippen LogP contribution is -2.46. The minimum Gasteiger partial charge on any atom is -0.307 e. The SMILES string of the molecule is CCNC(CN1CCCCCCC1)C(=O)CC. The van der Waals surface area contributed by atoms with Crippen LogP contribution >= 0.6 is 0 Å². The van der Waals surface area contributed by atoms with Gasteiger partial charge in [0.25, 0.3) is 0 Å². The van der Waals surface area contributed by atoms with Crippen molar-refractivity contribution in [2.75, 3.05) is 26.2 Å². The molecule has 0 aliphatic carbocycles. The average Bonchev–Trinajstić information content (AvgIpc) is 2.30. The van der Waals surface area contributed by atoms with Gasteiger partial charge in [0.1, 0.15) is 0 Å². The number of hydrogen-bond donors (Lipinski definition) is 1. The molecule has 0 amide bonds. The topological polar surface area (TPSA) is 32.3 Å². The van der Waals surface area contributed by atoms with Gasteiger partial charge in [0.2, 0.25) is 0 Å². The summed E-state index contributed by atoms with van der Waals surface area (Å²) in [6.07, 6.45) is 7.32. The number of carbonyl (C=O) groups is 1. The molecule has 1 aliphatic heterocycles. The minimum absolute atomic E-state index is 0.0458. The number of rotatable bonds is 6. The Balaban J connectivity index is 2.42. The molecule has 0 aromatic heterocycles. The molecule has 17 heavy (non-hydrogen) atoms. The molecule has 3 heteroatoms. The standard InChI is InChI=1S/C14H28N2O/c1-3-14(17)13(15-4-2)12-16-10-8-6-5-7-9-11-16/h13,15H,3-12H2,1-2H3. The molecule has 1 unspecified atom stereocenters. The Morgan fingerprint density at radius 1 is 1.12 bits per heavy atom. The van der Waals surface area contributed by atoms with Crippen LogP contribution in [0.2, 0.25) is 0 Å². The number of likely N-dealkylation sites (tertiary alicyclic amines) is 1. The highest BCUT2D eigenvalue weighted by atomic mass is 16.1. The fraction of sp³-hybridized carbons (Fsp3) is 0.929. The van der Waals surface area contributed by atoms with Crippen molar-refractivity contribution in [2.45, 2.75) is 58.4 Å². The highest BCUT2D eigenvalue weighted by Crippen LogP contribution is 2.11. The maximum Gasteiger partial charge on any atom is 0.150 e. The van der Waals surface area contributed by atoms with Crippen molar-refractivity contribution in [3.63, 3.8) is 0 Å². The van der Waals surface area contributed by atoms with E-state index in [9.17, 15) is 4.79 Å². The second-order valence-corrected chi connectivity index (χ2v) is 5.00. The number of carbonyl (C=O) groups excluding carboxylic acids is 1. The molecule has 0 aromatic carbocycles. The lowest BCUT2D eigenvalue weighted by atomic mass is 10.1. The summed E-state index contributed by atoms with van der Waals surface area (Å²) in [7, 11) is 0. The lowest BCUT2D eigenvalue weighted by Gasteiger charge is -2.28. The van der Waals surface area contributed by atoms with Crippen LogP contribution in [-0.2, 0) is 4.79 Å². The van der Waals surface area contributed by atoms with Crippen LogP contribution in [0.15, 0.2) is 0 Å². The minimum atomic E-state index is 0.0458. The van der Waals surface area contributed by atoms with Crippen molar-refractivity contribution in [3.8, 4) is 0 Å². The van der Waals surface area contributed by atoms with E-state index in [1.54, 1.807) is 0 Å². The third-order valence-electron chi connectivity index (χ3n) is 3.58. The van der Waals surface area contributed by atoms with Crippen LogP contribution in [0, 0.1) is 0 Å². The molecular formula is C14H28N2O. The Morgan fingerprint density at radius 2 is 1.71 bits per heavy atom. The van der Waals surface area contributed by atoms with Gasteiger partial charge in [-0.1, -0.05) is 33.1 Å². The Kier molecular flexibility index (Phi) is 7.45. The smallest absolute Gasteiger partial charge is 0.150 e. The maximum absolute atomic E-state index is 11.8. The second-order valence-electron chi connectivity index (χ2n) is 5.00. The van der Waals surface area contributed by atoms with Crippen LogP contribution in [0.25, 0.3) is 0 Å². The number of nitrogens with one attached hydrogen (secondary N) is 1. The Morgan fingerprint density at radius 3 is 2.24 bits per heavy atom. The molecule has 1 heterocycles. The van der Waals surface area contributed by atoms with Crippen molar-refractivity contribution >= 4 is 5.78 Å². The molecule has 100 valence electrons. The zero-order chi connectivity index (χ0) is 12.5. The van der Waals surface area contributed by atoms with E-state index < -0.39 is 0 Å². The molecule has 1 fully saturated rings. The Labute approximate surface area is 106 Å². The predicted octanol–water partition coefficient (Wildman–Crippen LogP) is 2.21. The molecular weight excluding hydrogens is 212 g/mol. The highest BCUT2D eigenvalue weighted by Gasteiger charge is 2.19. The summed E-state index contributed by atoms with van der Waals surface area (Å²) in [4.78, 5) is 14.3. The van der Waals surface area contributed by atoms with Crippen molar-refractivity contribution in [2.24, 2.45) is 0 Å². The van der Waals surface area contributed by atoms with Gasteiger partial charge in [-0.15, -0.1) is 0 Å². The van der Waals surface area contributed by atoms with Crippen molar-refractivity contribution in [3.05, 3.63) is 0 Å². The zero-order valence-electron chi connectivity index (χ0n) is 11.5. The van der Waals surface area contributed by atoms with Gasteiger partial charge >= 0.3 is 0 Å². The molecule has 1 aliphatic rings. The van der Waals surface area contributed by atoms with Crippen molar-refractivity contribution < 1.29 is 4.79 Å². The fourth-order valence-corrected chi connectivity index (χ4v) is 2.53. The molecule has 1 rings (SSSR count). The van der Waals surface area contributed by atoms with E-state index in [-0.39, 0.29) is 6.04 Å². The third kappa shape index (κ3) is 5.64. The van der Waals surface area contributed by atoms with Crippen LogP contribution in [0.3, 0.4) is 0 Å². The first-order valence-electron chi connectivity index (χ1n) is 7.26. The Bertz CT molecular complexity index is 210. The highest BCUT2D eigenvalue weighted by molar-refractivity contribution is 5.83. The summed E-state index contributed by atoms with van der Waals surface area (Å²) in [5.74, 6) is 0.355. The predicted molar refractivity (Wildman–Crippen MR) is 72.3 cm³/mol. The quantitative estimate of drug-likeness (QED) is 0.772. The van der Waals surface area contributed by atoms with Gasteiger partial charge < -0.3 is 10.2 Å². The summed E-state index contributed by atoms with van der Waals surface area (Å²) in [6.45, 7) is 8.14. The summed E-state index contributed by atoms with van der Waals surface area (Å²) in [6, 6.07) is 0.0458. The first kappa shape index (κ1) is 14.7. The van der Waals surface area contributed by atoms with Crippen LogP contribution in [0.1, 0.15) is 52.4 Å². The van der Waals surface area contributed by atoms with Crippen LogP contribution in [-0.4, -0.2) is 42.9 Å². The van der Waals surface area contributed by atoms with Crippen LogP contribution in [0.5, 0.6) is 0 Å². The van der Waals surface area contributed by atoms with E-state index in [4.69, 9.17) is 0 Å². The van der Waals surface area contributed by atoms with E-state index in [0.717, 1.165) is 13.1 Å². The lowest BCUT2D eigenvalue weighted by molar-refractivity contribution is -0.121. The van der Waals surface area contributed by atoms with Gasteiger partial charge in [0.05, 0.1) is 6.04 Å². The number of ketones is 1. The molecule has 0 saturated carbocycles. The molecule has 0 bridgehead atoms.